The van der Waals surface area contributed by atoms with Crippen molar-refractivity contribution >= 4 is 17.8 Å². The number of alkyl carbamates (subject to hydrolysis) is 1. The minimum atomic E-state index is -4.83. The third-order valence-electron chi connectivity index (χ3n) is 4.84. The van der Waals surface area contributed by atoms with E-state index >= 15 is 0 Å². The topological polar surface area (TPSA) is 71.5 Å². The molecule has 1 aliphatic heterocycles. The summed E-state index contributed by atoms with van der Waals surface area (Å²) in [6.07, 6.45) is -1.94. The fourth-order valence-corrected chi connectivity index (χ4v) is 3.52. The third-order valence-corrected chi connectivity index (χ3v) is 4.84. The van der Waals surface area contributed by atoms with Gasteiger partial charge in [-0.3, -0.25) is 9.69 Å². The number of amides is 2. The highest BCUT2D eigenvalue weighted by Gasteiger charge is 2.52. The number of nitrogens with one attached hydrogen (secondary N) is 1. The molecule has 0 unspecified atom stereocenters. The molecule has 2 amide bonds. The Kier molecular flexibility index (Phi) is 7.71. The van der Waals surface area contributed by atoms with E-state index in [1.54, 1.807) is 32.9 Å². The van der Waals surface area contributed by atoms with Gasteiger partial charge in [0, 0.05) is 12.7 Å². The van der Waals surface area contributed by atoms with Crippen molar-refractivity contribution in [1.82, 2.24) is 10.3 Å². The molecule has 0 aliphatic carbocycles. The van der Waals surface area contributed by atoms with Crippen LogP contribution in [-0.4, -0.2) is 41.3 Å². The molecule has 1 aromatic heterocycles. The molecule has 168 valence electrons. The molecule has 30 heavy (non-hydrogen) atoms. The molecular formula is C21H30F3N3O3. The van der Waals surface area contributed by atoms with Crippen LogP contribution in [0.5, 0.6) is 0 Å². The fraction of sp³-hybridized carbons (Fsp3) is 0.667. The maximum Gasteiger partial charge on any atom is 0.407 e. The monoisotopic (exact) mass is 429 g/mol. The second-order valence-corrected chi connectivity index (χ2v) is 8.49. The minimum Gasteiger partial charge on any atom is -0.444 e. The molecule has 9 heteroatoms. The molecule has 1 aromatic rings. The summed E-state index contributed by atoms with van der Waals surface area (Å²) >= 11 is 0. The van der Waals surface area contributed by atoms with Crippen molar-refractivity contribution in [3.05, 3.63) is 23.9 Å². The minimum absolute atomic E-state index is 0.0198. The molecule has 0 saturated heterocycles. The third kappa shape index (κ3) is 6.34. The number of alkyl halides is 3. The van der Waals surface area contributed by atoms with Gasteiger partial charge in [0.05, 0.1) is 6.04 Å². The average molecular weight is 429 g/mol. The number of anilines is 1. The Bertz CT molecular complexity index is 747. The second-order valence-electron chi connectivity index (χ2n) is 8.49. The number of pyridine rings is 1. The number of fused-ring (bicyclic) bond motifs is 1. The average Bonchev–Trinajstić information content (AvgIpc) is 3.03. The van der Waals surface area contributed by atoms with Crippen molar-refractivity contribution < 1.29 is 27.5 Å². The first-order valence-electron chi connectivity index (χ1n) is 10.3. The Morgan fingerprint density at radius 3 is 2.57 bits per heavy atom. The molecular weight excluding hydrogens is 399 g/mol. The van der Waals surface area contributed by atoms with E-state index in [0.29, 0.717) is 19.3 Å². The molecule has 0 fully saturated rings. The van der Waals surface area contributed by atoms with Gasteiger partial charge in [-0.1, -0.05) is 32.3 Å². The number of carbonyl (C=O) groups excluding carboxylic acids is 2. The van der Waals surface area contributed by atoms with E-state index in [4.69, 9.17) is 4.74 Å². The Labute approximate surface area is 175 Å². The number of rotatable bonds is 7. The van der Waals surface area contributed by atoms with E-state index in [-0.39, 0.29) is 18.8 Å². The van der Waals surface area contributed by atoms with Gasteiger partial charge in [0.1, 0.15) is 11.4 Å². The van der Waals surface area contributed by atoms with Crippen LogP contribution >= 0.6 is 0 Å². The summed E-state index contributed by atoms with van der Waals surface area (Å²) < 4.78 is 47.4. The zero-order valence-electron chi connectivity index (χ0n) is 17.9. The van der Waals surface area contributed by atoms with Crippen LogP contribution < -0.4 is 10.2 Å². The van der Waals surface area contributed by atoms with E-state index in [1.807, 2.05) is 6.92 Å². The second kappa shape index (κ2) is 9.66. The van der Waals surface area contributed by atoms with Crippen molar-refractivity contribution in [3.63, 3.8) is 0 Å². The summed E-state index contributed by atoms with van der Waals surface area (Å²) in [6.45, 7) is 6.93. The molecule has 2 heterocycles. The lowest BCUT2D eigenvalue weighted by atomic mass is 9.92. The highest BCUT2D eigenvalue weighted by Crippen LogP contribution is 2.36. The van der Waals surface area contributed by atoms with Crippen molar-refractivity contribution in [2.75, 3.05) is 11.4 Å². The van der Waals surface area contributed by atoms with Crippen LogP contribution in [0.25, 0.3) is 0 Å². The molecule has 1 aliphatic rings. The molecule has 2 atom stereocenters. The van der Waals surface area contributed by atoms with Crippen LogP contribution in [0.3, 0.4) is 0 Å². The first-order chi connectivity index (χ1) is 13.9. The molecule has 0 saturated carbocycles. The van der Waals surface area contributed by atoms with Gasteiger partial charge >= 0.3 is 12.3 Å². The molecule has 0 spiro atoms. The number of unbranched alkanes of at least 4 members (excludes halogenated alkanes) is 2. The first-order valence-corrected chi connectivity index (χ1v) is 10.3. The predicted octanol–water partition coefficient (Wildman–Crippen LogP) is 4.62. The van der Waals surface area contributed by atoms with Gasteiger partial charge in [-0.2, -0.15) is 13.2 Å². The van der Waals surface area contributed by atoms with E-state index < -0.39 is 35.7 Å². The van der Waals surface area contributed by atoms with Crippen molar-refractivity contribution in [2.45, 2.75) is 77.6 Å². The lowest BCUT2D eigenvalue weighted by molar-refractivity contribution is -0.187. The van der Waals surface area contributed by atoms with Gasteiger partial charge in [-0.15, -0.1) is 0 Å². The highest BCUT2D eigenvalue weighted by molar-refractivity contribution is 5.97. The summed E-state index contributed by atoms with van der Waals surface area (Å²) in [5, 5.41) is 2.32. The van der Waals surface area contributed by atoms with Crippen molar-refractivity contribution in [2.24, 2.45) is 5.92 Å². The van der Waals surface area contributed by atoms with Crippen molar-refractivity contribution in [1.29, 1.82) is 0 Å². The van der Waals surface area contributed by atoms with Gasteiger partial charge in [-0.05, 0) is 45.2 Å². The first kappa shape index (κ1) is 24.0. The highest BCUT2D eigenvalue weighted by atomic mass is 19.4. The van der Waals surface area contributed by atoms with Crippen LogP contribution in [-0.2, 0) is 16.0 Å². The molecule has 0 radical (unpaired) electrons. The molecule has 0 bridgehead atoms. The summed E-state index contributed by atoms with van der Waals surface area (Å²) in [5.74, 6) is -3.23. The quantitative estimate of drug-likeness (QED) is 0.642. The molecule has 2 rings (SSSR count). The Morgan fingerprint density at radius 2 is 1.97 bits per heavy atom. The Morgan fingerprint density at radius 1 is 1.27 bits per heavy atom. The summed E-state index contributed by atoms with van der Waals surface area (Å²) in [7, 11) is 0. The van der Waals surface area contributed by atoms with Crippen LogP contribution in [0.15, 0.2) is 18.3 Å². The Balaban J connectivity index is 2.31. The zero-order valence-corrected chi connectivity index (χ0v) is 17.9. The number of hydrogen-bond acceptors (Lipinski definition) is 4. The van der Waals surface area contributed by atoms with E-state index in [9.17, 15) is 22.8 Å². The van der Waals surface area contributed by atoms with Gasteiger partial charge in [-0.25, -0.2) is 9.78 Å². The zero-order chi connectivity index (χ0) is 22.5. The maximum absolute atomic E-state index is 14.1. The molecule has 6 nitrogen and oxygen atoms in total. The number of nitrogens with zero attached hydrogens (tertiary/aromatic N) is 2. The predicted molar refractivity (Wildman–Crippen MR) is 107 cm³/mol. The summed E-state index contributed by atoms with van der Waals surface area (Å²) in [6, 6.07) is 2.01. The van der Waals surface area contributed by atoms with Gasteiger partial charge in [0.15, 0.2) is 5.92 Å². The number of hydrogen-bond donors (Lipinski definition) is 1. The van der Waals surface area contributed by atoms with Crippen molar-refractivity contribution in [3.8, 4) is 0 Å². The van der Waals surface area contributed by atoms with Crippen LogP contribution in [0.4, 0.5) is 23.8 Å². The van der Waals surface area contributed by atoms with Gasteiger partial charge in [0.2, 0.25) is 5.91 Å². The number of carbonyl (C=O) groups is 2. The molecule has 1 N–H and O–H groups in total. The smallest absolute Gasteiger partial charge is 0.407 e. The van der Waals surface area contributed by atoms with E-state index in [0.717, 1.165) is 16.9 Å². The van der Waals surface area contributed by atoms with Gasteiger partial charge in [0.25, 0.3) is 0 Å². The van der Waals surface area contributed by atoms with E-state index in [2.05, 4.69) is 10.3 Å². The van der Waals surface area contributed by atoms with Crippen LogP contribution in [0.2, 0.25) is 0 Å². The Hall–Kier alpha value is -2.32. The number of aromatic nitrogens is 1. The summed E-state index contributed by atoms with van der Waals surface area (Å²) in [4.78, 5) is 30.5. The van der Waals surface area contributed by atoms with E-state index in [1.165, 1.54) is 6.20 Å². The summed E-state index contributed by atoms with van der Waals surface area (Å²) in [5.41, 5.74) is -0.137. The number of ether oxygens (including phenoxy) is 1. The normalized spacial score (nSPS) is 16.0. The largest absolute Gasteiger partial charge is 0.444 e. The SMILES string of the molecule is CCCCC[C@@H](NC(=O)OC(C)(C)C)[C@@H](C(=O)N1CCc2cccnc21)C(F)(F)F. The van der Waals surface area contributed by atoms with Gasteiger partial charge < -0.3 is 10.1 Å². The fourth-order valence-electron chi connectivity index (χ4n) is 3.52. The lowest BCUT2D eigenvalue weighted by Gasteiger charge is -2.32. The standard InChI is InChI=1S/C21H30F3N3O3/c1-5-6-7-10-15(26-19(29)30-20(2,3)4)16(21(22,23)24)18(28)27-13-11-14-9-8-12-25-17(14)27/h8-9,12,15-16H,5-7,10-11,13H2,1-4H3,(H,26,29)/t15-,16+/m1/s1. The lowest BCUT2D eigenvalue weighted by Crippen LogP contribution is -2.54. The maximum atomic E-state index is 14.1. The number of halogens is 3. The van der Waals surface area contributed by atoms with Crippen LogP contribution in [0.1, 0.15) is 58.9 Å². The van der Waals surface area contributed by atoms with Crippen LogP contribution in [0, 0.1) is 5.92 Å². The molecule has 0 aromatic carbocycles.